The van der Waals surface area contributed by atoms with Crippen molar-refractivity contribution in [3.63, 3.8) is 0 Å². The summed E-state index contributed by atoms with van der Waals surface area (Å²) >= 11 is 1.08. The Labute approximate surface area is 172 Å². The van der Waals surface area contributed by atoms with Crippen molar-refractivity contribution in [1.29, 1.82) is 0 Å². The first-order valence-corrected chi connectivity index (χ1v) is 10.6. The molecule has 0 spiro atoms. The Kier molecular flexibility index (Phi) is 5.72. The molecule has 0 radical (unpaired) electrons. The molecule has 0 atom stereocenters. The van der Waals surface area contributed by atoms with Gasteiger partial charge in [0.15, 0.2) is 0 Å². The van der Waals surface area contributed by atoms with E-state index in [2.05, 4.69) is 21.2 Å². The number of carboxylic acid groups (broad SMARTS) is 1. The summed E-state index contributed by atoms with van der Waals surface area (Å²) in [5.41, 5.74) is 0.329. The molecule has 1 aromatic carbocycles. The minimum atomic E-state index is -4.04. The molecule has 8 nitrogen and oxygen atoms in total. The molecule has 1 N–H and O–H groups in total. The van der Waals surface area contributed by atoms with Crippen LogP contribution >= 0.6 is 11.5 Å². The summed E-state index contributed by atoms with van der Waals surface area (Å²) in [7, 11) is -2.73. The molecule has 2 heterocycles. The van der Waals surface area contributed by atoms with Crippen LogP contribution in [0, 0.1) is 18.8 Å². The van der Waals surface area contributed by atoms with Crippen molar-refractivity contribution in [2.45, 2.75) is 18.7 Å². The molecule has 3 aromatic rings. The van der Waals surface area contributed by atoms with Crippen molar-refractivity contribution in [2.24, 2.45) is 0 Å². The van der Waals surface area contributed by atoms with Gasteiger partial charge in [-0.05, 0) is 49.6 Å². The molecule has 29 heavy (non-hydrogen) atoms. The number of aromatic nitrogens is 2. The second-order valence-corrected chi connectivity index (χ2v) is 8.65. The molecule has 0 aliphatic carbocycles. The number of aromatic carboxylic acids is 1. The van der Waals surface area contributed by atoms with E-state index in [1.165, 1.54) is 31.3 Å². The first-order valence-electron chi connectivity index (χ1n) is 8.37. The molecule has 2 aromatic heterocycles. The van der Waals surface area contributed by atoms with E-state index >= 15 is 0 Å². The van der Waals surface area contributed by atoms with Gasteiger partial charge in [-0.2, -0.15) is 4.37 Å². The molecular weight excluding hydrogens is 414 g/mol. The van der Waals surface area contributed by atoms with E-state index in [1.54, 1.807) is 13.8 Å². The highest BCUT2D eigenvalue weighted by molar-refractivity contribution is 7.92. The Morgan fingerprint density at radius 2 is 2.00 bits per heavy atom. The molecule has 0 saturated carbocycles. The van der Waals surface area contributed by atoms with Gasteiger partial charge in [-0.3, -0.25) is 4.31 Å². The Balaban J connectivity index is 2.06. The average Bonchev–Trinajstić information content (AvgIpc) is 3.08. The lowest BCUT2D eigenvalue weighted by atomic mass is 10.1. The third kappa shape index (κ3) is 3.87. The van der Waals surface area contributed by atoms with Gasteiger partial charge in [0.05, 0.1) is 21.7 Å². The minimum absolute atomic E-state index is 0.00364. The van der Waals surface area contributed by atoms with Crippen LogP contribution in [0.5, 0.6) is 5.75 Å². The van der Waals surface area contributed by atoms with Crippen molar-refractivity contribution in [2.75, 3.05) is 18.0 Å². The molecule has 0 bridgehead atoms. The van der Waals surface area contributed by atoms with Crippen molar-refractivity contribution < 1.29 is 23.1 Å². The largest absolute Gasteiger partial charge is 0.481 e. The van der Waals surface area contributed by atoms with Crippen LogP contribution in [-0.4, -0.2) is 42.5 Å². The number of hydrogen-bond acceptors (Lipinski definition) is 7. The summed E-state index contributed by atoms with van der Waals surface area (Å²) in [4.78, 5) is 16.3. The van der Waals surface area contributed by atoms with Gasteiger partial charge in [-0.1, -0.05) is 5.92 Å². The maximum atomic E-state index is 13.2. The van der Waals surface area contributed by atoms with Gasteiger partial charge >= 0.3 is 5.97 Å². The SMILES string of the molecule is CC#CCOc1ccc(S(=O)(=O)N(C)c2c(C(=O)O)cnc3snc(C)c23)cc1. The number of pyridine rings is 1. The molecule has 0 aliphatic rings. The van der Waals surface area contributed by atoms with Gasteiger partial charge in [0.1, 0.15) is 22.8 Å². The van der Waals surface area contributed by atoms with E-state index in [4.69, 9.17) is 4.74 Å². The summed E-state index contributed by atoms with van der Waals surface area (Å²) < 4.78 is 36.9. The van der Waals surface area contributed by atoms with Crippen molar-refractivity contribution in [1.82, 2.24) is 9.36 Å². The highest BCUT2D eigenvalue weighted by atomic mass is 32.2. The molecule has 0 unspecified atom stereocenters. The summed E-state index contributed by atoms with van der Waals surface area (Å²) in [6, 6.07) is 5.85. The number of anilines is 1. The first kappa shape index (κ1) is 20.6. The maximum Gasteiger partial charge on any atom is 0.339 e. The van der Waals surface area contributed by atoms with Crippen LogP contribution in [0.25, 0.3) is 10.2 Å². The van der Waals surface area contributed by atoms with Crippen LogP contribution < -0.4 is 9.04 Å². The molecule has 3 rings (SSSR count). The van der Waals surface area contributed by atoms with Crippen molar-refractivity contribution in [3.8, 4) is 17.6 Å². The zero-order chi connectivity index (χ0) is 21.2. The fourth-order valence-corrected chi connectivity index (χ4v) is 4.68. The molecule has 10 heteroatoms. The van der Waals surface area contributed by atoms with Gasteiger partial charge in [0.2, 0.25) is 0 Å². The summed E-state index contributed by atoms with van der Waals surface area (Å²) in [6.45, 7) is 3.58. The molecule has 0 saturated heterocycles. The van der Waals surface area contributed by atoms with E-state index in [1.807, 2.05) is 0 Å². The highest BCUT2D eigenvalue weighted by Crippen LogP contribution is 2.36. The van der Waals surface area contributed by atoms with Crippen LogP contribution in [0.2, 0.25) is 0 Å². The number of carbonyl (C=O) groups is 1. The smallest absolute Gasteiger partial charge is 0.339 e. The number of nitrogens with zero attached hydrogens (tertiary/aromatic N) is 3. The number of carboxylic acids is 1. The number of hydrogen-bond donors (Lipinski definition) is 1. The Hall–Kier alpha value is -3.16. The summed E-state index contributed by atoms with van der Waals surface area (Å²) in [6.07, 6.45) is 1.15. The topological polar surface area (TPSA) is 110 Å². The van der Waals surface area contributed by atoms with E-state index in [9.17, 15) is 18.3 Å². The third-order valence-electron chi connectivity index (χ3n) is 4.16. The zero-order valence-corrected chi connectivity index (χ0v) is 17.5. The number of aryl methyl sites for hydroxylation is 1. The fourth-order valence-electron chi connectivity index (χ4n) is 2.70. The highest BCUT2D eigenvalue weighted by Gasteiger charge is 2.29. The van der Waals surface area contributed by atoms with Crippen LogP contribution in [-0.2, 0) is 10.0 Å². The van der Waals surface area contributed by atoms with Gasteiger partial charge in [0, 0.05) is 13.2 Å². The van der Waals surface area contributed by atoms with Crippen LogP contribution in [0.3, 0.4) is 0 Å². The van der Waals surface area contributed by atoms with Gasteiger partial charge in [-0.25, -0.2) is 18.2 Å². The number of ether oxygens (including phenoxy) is 1. The summed E-state index contributed by atoms with van der Waals surface area (Å²) in [5.74, 6) is 4.66. The van der Waals surface area contributed by atoms with E-state index in [-0.39, 0.29) is 22.8 Å². The number of fused-ring (bicyclic) bond motifs is 1. The molecule has 0 amide bonds. The Bertz CT molecular complexity index is 1240. The lowest BCUT2D eigenvalue weighted by Crippen LogP contribution is -2.28. The quantitative estimate of drug-likeness (QED) is 0.598. The Morgan fingerprint density at radius 3 is 2.62 bits per heavy atom. The molecule has 150 valence electrons. The van der Waals surface area contributed by atoms with Gasteiger partial charge in [-0.15, -0.1) is 5.92 Å². The predicted octanol–water partition coefficient (Wildman–Crippen LogP) is 2.93. The first-order chi connectivity index (χ1) is 13.8. The number of sulfonamides is 1. The Morgan fingerprint density at radius 1 is 1.31 bits per heavy atom. The van der Waals surface area contributed by atoms with Gasteiger partial charge in [0.25, 0.3) is 10.0 Å². The fraction of sp³-hybridized carbons (Fsp3) is 0.211. The normalized spacial score (nSPS) is 11.0. The molecule has 0 aliphatic heterocycles. The summed E-state index contributed by atoms with van der Waals surface area (Å²) in [5, 5.41) is 9.97. The standard InChI is InChI=1S/C19H17N3O5S2/c1-4-5-10-27-13-6-8-14(9-7-13)29(25,26)22(3)17-15(19(23)24)11-20-18-16(17)12(2)21-28-18/h6-9,11H,10H2,1-3H3,(H,23,24). The van der Waals surface area contributed by atoms with Gasteiger partial charge < -0.3 is 9.84 Å². The number of benzene rings is 1. The third-order valence-corrected chi connectivity index (χ3v) is 6.78. The second kappa shape index (κ2) is 8.06. The molecule has 0 fully saturated rings. The maximum absolute atomic E-state index is 13.2. The number of rotatable bonds is 6. The second-order valence-electron chi connectivity index (χ2n) is 5.93. The van der Waals surface area contributed by atoms with E-state index in [0.29, 0.717) is 21.7 Å². The van der Waals surface area contributed by atoms with Crippen LogP contribution in [0.15, 0.2) is 35.4 Å². The van der Waals surface area contributed by atoms with Crippen molar-refractivity contribution >= 4 is 43.4 Å². The van der Waals surface area contributed by atoms with Crippen LogP contribution in [0.4, 0.5) is 5.69 Å². The zero-order valence-electron chi connectivity index (χ0n) is 15.8. The lowest BCUT2D eigenvalue weighted by Gasteiger charge is -2.22. The van der Waals surface area contributed by atoms with E-state index < -0.39 is 16.0 Å². The lowest BCUT2D eigenvalue weighted by molar-refractivity contribution is 0.0697. The van der Waals surface area contributed by atoms with Crippen molar-refractivity contribution in [3.05, 3.63) is 41.7 Å². The van der Waals surface area contributed by atoms with E-state index in [0.717, 1.165) is 22.0 Å². The average molecular weight is 431 g/mol. The predicted molar refractivity (Wildman–Crippen MR) is 110 cm³/mol. The minimum Gasteiger partial charge on any atom is -0.481 e. The van der Waals surface area contributed by atoms with Crippen LogP contribution in [0.1, 0.15) is 23.0 Å². The molecular formula is C19H17N3O5S2. The monoisotopic (exact) mass is 431 g/mol.